The van der Waals surface area contributed by atoms with Crippen LogP contribution in [0.1, 0.15) is 0 Å². The standard InChI is InChI=1S/C9H10ClNO4.C7H7NO4/c1-14-9-3-2-7(15-5-4-10)6-8(9)11(12)13;1-12-7-3-2-5(9)4-6(7)8(10)11/h2-3,6H,4-5H2,1H3;2-4,9H,1H3. The van der Waals surface area contributed by atoms with Crippen molar-refractivity contribution in [2.24, 2.45) is 0 Å². The van der Waals surface area contributed by atoms with Crippen molar-refractivity contribution >= 4 is 23.0 Å². The molecule has 0 fully saturated rings. The molecule has 0 saturated heterocycles. The summed E-state index contributed by atoms with van der Waals surface area (Å²) in [6, 6.07) is 8.10. The number of benzene rings is 2. The number of phenolic OH excluding ortho intramolecular Hbond substituents is 1. The van der Waals surface area contributed by atoms with Crippen molar-refractivity contribution in [1.82, 2.24) is 0 Å². The van der Waals surface area contributed by atoms with Gasteiger partial charge in [-0.05, 0) is 24.3 Å². The van der Waals surface area contributed by atoms with Crippen molar-refractivity contribution < 1.29 is 29.2 Å². The molecule has 0 aliphatic carbocycles. The van der Waals surface area contributed by atoms with Crippen LogP contribution in [0.3, 0.4) is 0 Å². The van der Waals surface area contributed by atoms with Crippen LogP contribution in [0.5, 0.6) is 23.0 Å². The monoisotopic (exact) mass is 400 g/mol. The molecule has 27 heavy (non-hydrogen) atoms. The first kappa shape index (κ1) is 21.8. The van der Waals surface area contributed by atoms with Gasteiger partial charge in [0.25, 0.3) is 0 Å². The minimum Gasteiger partial charge on any atom is -0.508 e. The summed E-state index contributed by atoms with van der Waals surface area (Å²) in [5.41, 5.74) is -0.359. The molecule has 0 atom stereocenters. The van der Waals surface area contributed by atoms with Crippen LogP contribution >= 0.6 is 11.6 Å². The Labute approximate surface area is 159 Å². The second-order valence-corrected chi connectivity index (χ2v) is 5.12. The second-order valence-electron chi connectivity index (χ2n) is 4.74. The number of nitro benzene ring substituents is 2. The lowest BCUT2D eigenvalue weighted by atomic mass is 10.3. The van der Waals surface area contributed by atoms with Crippen LogP contribution < -0.4 is 14.2 Å². The van der Waals surface area contributed by atoms with Crippen molar-refractivity contribution in [3.05, 3.63) is 56.6 Å². The van der Waals surface area contributed by atoms with Crippen LogP contribution in [0.15, 0.2) is 36.4 Å². The molecule has 0 aliphatic rings. The number of nitrogens with zero attached hydrogens (tertiary/aromatic N) is 2. The predicted octanol–water partition coefficient (Wildman–Crippen LogP) is 3.53. The number of rotatable bonds is 7. The lowest BCUT2D eigenvalue weighted by Crippen LogP contribution is -1.99. The SMILES string of the molecule is COc1ccc(O)cc1[N+](=O)[O-].COc1ccc(OCCCl)cc1[N+](=O)[O-]. The third-order valence-electron chi connectivity index (χ3n) is 3.05. The van der Waals surface area contributed by atoms with Gasteiger partial charge in [0.15, 0.2) is 11.5 Å². The molecule has 11 heteroatoms. The van der Waals surface area contributed by atoms with Gasteiger partial charge < -0.3 is 19.3 Å². The van der Waals surface area contributed by atoms with E-state index in [1.165, 1.54) is 38.5 Å². The maximum absolute atomic E-state index is 10.7. The van der Waals surface area contributed by atoms with Gasteiger partial charge in [0.05, 0.1) is 42.1 Å². The Hall–Kier alpha value is -3.27. The average molecular weight is 401 g/mol. The molecule has 2 aromatic carbocycles. The molecule has 0 spiro atoms. The summed E-state index contributed by atoms with van der Waals surface area (Å²) in [4.78, 5) is 19.9. The highest BCUT2D eigenvalue weighted by molar-refractivity contribution is 6.18. The zero-order valence-corrected chi connectivity index (χ0v) is 15.2. The minimum atomic E-state index is -0.613. The zero-order valence-electron chi connectivity index (χ0n) is 14.5. The van der Waals surface area contributed by atoms with Gasteiger partial charge in [0.1, 0.15) is 18.1 Å². The third-order valence-corrected chi connectivity index (χ3v) is 3.21. The smallest absolute Gasteiger partial charge is 0.314 e. The molecule has 0 aliphatic heterocycles. The molecule has 0 saturated carbocycles. The average Bonchev–Trinajstić information content (AvgIpc) is 2.66. The molecule has 2 aromatic rings. The molecule has 0 unspecified atom stereocenters. The number of hydrogen-bond acceptors (Lipinski definition) is 8. The van der Waals surface area contributed by atoms with Crippen molar-refractivity contribution in [1.29, 1.82) is 0 Å². The van der Waals surface area contributed by atoms with Crippen molar-refractivity contribution in [3.63, 3.8) is 0 Å². The number of aromatic hydroxyl groups is 1. The topological polar surface area (TPSA) is 134 Å². The first-order chi connectivity index (χ1) is 12.8. The van der Waals surface area contributed by atoms with Gasteiger partial charge in [-0.2, -0.15) is 0 Å². The van der Waals surface area contributed by atoms with E-state index in [2.05, 4.69) is 0 Å². The highest BCUT2D eigenvalue weighted by Crippen LogP contribution is 2.31. The van der Waals surface area contributed by atoms with Crippen molar-refractivity contribution in [3.8, 4) is 23.0 Å². The van der Waals surface area contributed by atoms with Gasteiger partial charge >= 0.3 is 11.4 Å². The highest BCUT2D eigenvalue weighted by atomic mass is 35.5. The molecule has 0 amide bonds. The molecule has 0 heterocycles. The Morgan fingerprint density at radius 1 is 0.963 bits per heavy atom. The third kappa shape index (κ3) is 6.51. The predicted molar refractivity (Wildman–Crippen MR) is 97.2 cm³/mol. The van der Waals surface area contributed by atoms with Crippen LogP contribution in [-0.2, 0) is 0 Å². The molecule has 1 N–H and O–H groups in total. The summed E-state index contributed by atoms with van der Waals surface area (Å²) in [7, 11) is 2.71. The molecule has 0 radical (unpaired) electrons. The van der Waals surface area contributed by atoms with Crippen LogP contribution in [0.2, 0.25) is 0 Å². The van der Waals surface area contributed by atoms with Gasteiger partial charge in [-0.15, -0.1) is 11.6 Å². The van der Waals surface area contributed by atoms with Gasteiger partial charge in [0, 0.05) is 0 Å². The fourth-order valence-electron chi connectivity index (χ4n) is 1.88. The van der Waals surface area contributed by atoms with Crippen molar-refractivity contribution in [2.75, 3.05) is 26.7 Å². The fourth-order valence-corrected chi connectivity index (χ4v) is 1.96. The largest absolute Gasteiger partial charge is 0.508 e. The highest BCUT2D eigenvalue weighted by Gasteiger charge is 2.15. The van der Waals surface area contributed by atoms with Crippen LogP contribution in [-0.4, -0.2) is 41.7 Å². The lowest BCUT2D eigenvalue weighted by Gasteiger charge is -2.05. The lowest BCUT2D eigenvalue weighted by molar-refractivity contribution is -0.386. The summed E-state index contributed by atoms with van der Waals surface area (Å²) < 4.78 is 14.7. The Balaban J connectivity index is 0.000000277. The number of phenols is 1. The molecule has 10 nitrogen and oxygen atoms in total. The molecule has 0 aromatic heterocycles. The van der Waals surface area contributed by atoms with E-state index in [0.717, 1.165) is 6.07 Å². The summed E-state index contributed by atoms with van der Waals surface area (Å²) in [6.07, 6.45) is 0. The minimum absolute atomic E-state index is 0.121. The summed E-state index contributed by atoms with van der Waals surface area (Å²) in [5.74, 6) is 0.932. The van der Waals surface area contributed by atoms with E-state index in [4.69, 9.17) is 30.9 Å². The van der Waals surface area contributed by atoms with Gasteiger partial charge in [-0.25, -0.2) is 0 Å². The van der Waals surface area contributed by atoms with E-state index in [1.54, 1.807) is 6.07 Å². The molecule has 2 rings (SSSR count). The Bertz CT molecular complexity index is 800. The molecular weight excluding hydrogens is 384 g/mol. The quantitative estimate of drug-likeness (QED) is 0.423. The van der Waals surface area contributed by atoms with Gasteiger partial charge in [-0.3, -0.25) is 20.2 Å². The molecule has 146 valence electrons. The number of ether oxygens (including phenoxy) is 3. The Morgan fingerprint density at radius 2 is 1.48 bits per heavy atom. The van der Waals surface area contributed by atoms with Crippen LogP contribution in [0, 0.1) is 20.2 Å². The van der Waals surface area contributed by atoms with Crippen LogP contribution in [0.4, 0.5) is 11.4 Å². The normalized spacial score (nSPS) is 9.59. The van der Waals surface area contributed by atoms with E-state index in [1.807, 2.05) is 0 Å². The molecule has 0 bridgehead atoms. The number of hydrogen-bond donors (Lipinski definition) is 1. The first-order valence-corrected chi connectivity index (χ1v) is 7.90. The van der Waals surface area contributed by atoms with Crippen LogP contribution in [0.25, 0.3) is 0 Å². The first-order valence-electron chi connectivity index (χ1n) is 7.36. The molecular formula is C16H17ClN2O8. The van der Waals surface area contributed by atoms with E-state index in [0.29, 0.717) is 18.2 Å². The zero-order chi connectivity index (χ0) is 20.4. The number of halogens is 1. The van der Waals surface area contributed by atoms with E-state index >= 15 is 0 Å². The van der Waals surface area contributed by atoms with Gasteiger partial charge in [-0.1, -0.05) is 0 Å². The second kappa shape index (κ2) is 10.7. The maximum Gasteiger partial charge on any atom is 0.314 e. The summed E-state index contributed by atoms with van der Waals surface area (Å²) in [6.45, 7) is 0.311. The number of alkyl halides is 1. The van der Waals surface area contributed by atoms with Gasteiger partial charge in [0.2, 0.25) is 0 Å². The fraction of sp³-hybridized carbons (Fsp3) is 0.250. The number of methoxy groups -OCH3 is 2. The van der Waals surface area contributed by atoms with E-state index in [9.17, 15) is 20.2 Å². The Kier molecular flexibility index (Phi) is 8.60. The summed E-state index contributed by atoms with van der Waals surface area (Å²) in [5, 5.41) is 29.9. The van der Waals surface area contributed by atoms with E-state index in [-0.39, 0.29) is 28.6 Å². The maximum atomic E-state index is 10.7. The Morgan fingerprint density at radius 3 is 1.96 bits per heavy atom. The van der Waals surface area contributed by atoms with E-state index < -0.39 is 9.85 Å². The number of nitro groups is 2. The van der Waals surface area contributed by atoms with Crippen molar-refractivity contribution in [2.45, 2.75) is 0 Å². The summed E-state index contributed by atoms with van der Waals surface area (Å²) >= 11 is 5.43.